The molecule has 1 N–H and O–H groups in total. The lowest BCUT2D eigenvalue weighted by molar-refractivity contribution is -0.387. The summed E-state index contributed by atoms with van der Waals surface area (Å²) in [5, 5.41) is 11.2. The van der Waals surface area contributed by atoms with Crippen LogP contribution in [0.3, 0.4) is 0 Å². The van der Waals surface area contributed by atoms with E-state index in [1.807, 2.05) is 0 Å². The summed E-state index contributed by atoms with van der Waals surface area (Å²) in [5.41, 5.74) is 0.256. The number of likely N-dealkylation sites (N-methyl/N-ethyl adjacent to an activating group) is 1. The highest BCUT2D eigenvalue weighted by Crippen LogP contribution is 2.25. The lowest BCUT2D eigenvalue weighted by atomic mass is 10.0. The minimum Gasteiger partial charge on any atom is -0.304 e. The molecule has 1 aliphatic rings. The summed E-state index contributed by atoms with van der Waals surface area (Å²) < 4.78 is 28.0. The molecule has 0 amide bonds. The van der Waals surface area contributed by atoms with E-state index in [9.17, 15) is 18.5 Å². The topological polar surface area (TPSA) is 95.8 Å². The predicted octanol–water partition coefficient (Wildman–Crippen LogP) is 1.45. The van der Waals surface area contributed by atoms with Gasteiger partial charge in [-0.05, 0) is 31.5 Å². The Balaban J connectivity index is 2.17. The molecule has 1 aliphatic heterocycles. The first kappa shape index (κ1) is 20.8. The molecule has 0 aromatic heterocycles. The number of aryl methyl sites for hydroxylation is 1. The quantitative estimate of drug-likeness (QED) is 0.565. The summed E-state index contributed by atoms with van der Waals surface area (Å²) in [7, 11) is -1.89. The molecule has 0 radical (unpaired) electrons. The highest BCUT2D eigenvalue weighted by Gasteiger charge is 2.29. The molecule has 0 aliphatic carbocycles. The molecular weight excluding hydrogens is 356 g/mol. The van der Waals surface area contributed by atoms with Crippen LogP contribution in [0.25, 0.3) is 0 Å². The Hall–Kier alpha value is -1.55. The Morgan fingerprint density at radius 2 is 1.85 bits per heavy atom. The van der Waals surface area contributed by atoms with Crippen LogP contribution in [0.4, 0.5) is 5.69 Å². The Morgan fingerprint density at radius 3 is 2.38 bits per heavy atom. The maximum atomic E-state index is 12.7. The van der Waals surface area contributed by atoms with Crippen LogP contribution >= 0.6 is 0 Å². The number of nitro benzene ring substituents is 1. The molecule has 1 unspecified atom stereocenters. The third-order valence-electron chi connectivity index (χ3n) is 4.86. The average molecular weight is 385 g/mol. The van der Waals surface area contributed by atoms with Gasteiger partial charge in [-0.25, -0.2) is 13.1 Å². The molecule has 9 heteroatoms. The van der Waals surface area contributed by atoms with E-state index in [0.29, 0.717) is 5.56 Å². The SMILES string of the molecule is Cc1ccc(S(=O)(=O)NCC(C(C)C)N2CCN(C)CC2)c([N+](=O)[O-])c1. The molecule has 1 aromatic rings. The first-order chi connectivity index (χ1) is 12.1. The van der Waals surface area contributed by atoms with Crippen LogP contribution in [0.15, 0.2) is 23.1 Å². The number of nitro groups is 1. The number of sulfonamides is 1. The van der Waals surface area contributed by atoms with Crippen molar-refractivity contribution in [1.82, 2.24) is 14.5 Å². The van der Waals surface area contributed by atoms with Gasteiger partial charge in [0.05, 0.1) is 4.92 Å². The van der Waals surface area contributed by atoms with Crippen LogP contribution in [0.5, 0.6) is 0 Å². The normalized spacial score (nSPS) is 18.2. The van der Waals surface area contributed by atoms with E-state index in [-0.39, 0.29) is 23.4 Å². The van der Waals surface area contributed by atoms with E-state index in [1.54, 1.807) is 13.0 Å². The molecule has 146 valence electrons. The zero-order chi connectivity index (χ0) is 19.5. The zero-order valence-corrected chi connectivity index (χ0v) is 16.6. The van der Waals surface area contributed by atoms with Crippen molar-refractivity contribution >= 4 is 15.7 Å². The summed E-state index contributed by atoms with van der Waals surface area (Å²) in [6.07, 6.45) is 0. The fourth-order valence-corrected chi connectivity index (χ4v) is 4.41. The summed E-state index contributed by atoms with van der Waals surface area (Å²) in [5.74, 6) is 0.258. The van der Waals surface area contributed by atoms with Gasteiger partial charge in [-0.2, -0.15) is 0 Å². The molecule has 0 bridgehead atoms. The zero-order valence-electron chi connectivity index (χ0n) is 15.8. The molecule has 8 nitrogen and oxygen atoms in total. The highest BCUT2D eigenvalue weighted by molar-refractivity contribution is 7.89. The number of rotatable bonds is 7. The van der Waals surface area contributed by atoms with Gasteiger partial charge in [0.25, 0.3) is 5.69 Å². The molecular formula is C17H28N4O4S. The standard InChI is InChI=1S/C17H28N4O4S/c1-13(2)16(20-9-7-19(4)8-10-20)12-18-26(24,25)17-6-5-14(3)11-15(17)21(22)23/h5-6,11,13,16,18H,7-10,12H2,1-4H3. The van der Waals surface area contributed by atoms with Gasteiger partial charge in [0, 0.05) is 44.8 Å². The van der Waals surface area contributed by atoms with Crippen LogP contribution in [0.2, 0.25) is 0 Å². The fourth-order valence-electron chi connectivity index (χ4n) is 3.21. The Morgan fingerprint density at radius 1 is 1.23 bits per heavy atom. The summed E-state index contributed by atoms with van der Waals surface area (Å²) in [6, 6.07) is 4.20. The van der Waals surface area contributed by atoms with E-state index < -0.39 is 20.6 Å². The van der Waals surface area contributed by atoms with Gasteiger partial charge in [0.15, 0.2) is 4.90 Å². The summed E-state index contributed by atoms with van der Waals surface area (Å²) >= 11 is 0. The molecule has 1 fully saturated rings. The number of benzene rings is 1. The number of nitrogens with one attached hydrogen (secondary N) is 1. The predicted molar refractivity (Wildman–Crippen MR) is 101 cm³/mol. The second-order valence-corrected chi connectivity index (χ2v) is 8.97. The number of hydrogen-bond donors (Lipinski definition) is 1. The molecule has 1 atom stereocenters. The van der Waals surface area contributed by atoms with E-state index in [2.05, 4.69) is 35.4 Å². The minimum absolute atomic E-state index is 0.0444. The van der Waals surface area contributed by atoms with Crippen molar-refractivity contribution in [3.63, 3.8) is 0 Å². The second-order valence-electron chi connectivity index (χ2n) is 7.23. The van der Waals surface area contributed by atoms with E-state index >= 15 is 0 Å². The van der Waals surface area contributed by atoms with E-state index in [1.165, 1.54) is 12.1 Å². The van der Waals surface area contributed by atoms with Crippen LogP contribution in [-0.4, -0.2) is 69.0 Å². The van der Waals surface area contributed by atoms with Gasteiger partial charge in [-0.1, -0.05) is 19.9 Å². The molecule has 26 heavy (non-hydrogen) atoms. The van der Waals surface area contributed by atoms with Crippen molar-refractivity contribution in [2.45, 2.75) is 31.7 Å². The Labute approximate surface area is 155 Å². The smallest absolute Gasteiger partial charge is 0.289 e. The van der Waals surface area contributed by atoms with E-state index in [0.717, 1.165) is 26.2 Å². The second kappa shape index (κ2) is 8.43. The van der Waals surface area contributed by atoms with Crippen molar-refractivity contribution in [3.05, 3.63) is 33.9 Å². The van der Waals surface area contributed by atoms with Crippen molar-refractivity contribution < 1.29 is 13.3 Å². The maximum absolute atomic E-state index is 12.7. The van der Waals surface area contributed by atoms with Gasteiger partial charge in [-0.15, -0.1) is 0 Å². The number of piperazine rings is 1. The van der Waals surface area contributed by atoms with Gasteiger partial charge < -0.3 is 4.90 Å². The van der Waals surface area contributed by atoms with Crippen LogP contribution in [-0.2, 0) is 10.0 Å². The van der Waals surface area contributed by atoms with Crippen LogP contribution < -0.4 is 4.72 Å². The maximum Gasteiger partial charge on any atom is 0.289 e. The fraction of sp³-hybridized carbons (Fsp3) is 0.647. The number of hydrogen-bond acceptors (Lipinski definition) is 6. The molecule has 1 heterocycles. The highest BCUT2D eigenvalue weighted by atomic mass is 32.2. The lowest BCUT2D eigenvalue weighted by Gasteiger charge is -2.39. The van der Waals surface area contributed by atoms with Gasteiger partial charge in [-0.3, -0.25) is 15.0 Å². The van der Waals surface area contributed by atoms with Crippen molar-refractivity contribution in [2.75, 3.05) is 39.8 Å². The van der Waals surface area contributed by atoms with Crippen molar-refractivity contribution in [2.24, 2.45) is 5.92 Å². The van der Waals surface area contributed by atoms with Crippen LogP contribution in [0.1, 0.15) is 19.4 Å². The largest absolute Gasteiger partial charge is 0.304 e. The molecule has 0 spiro atoms. The third-order valence-corrected chi connectivity index (χ3v) is 6.33. The van der Waals surface area contributed by atoms with Crippen molar-refractivity contribution in [3.8, 4) is 0 Å². The van der Waals surface area contributed by atoms with E-state index in [4.69, 9.17) is 0 Å². The Bertz CT molecular complexity index is 743. The van der Waals surface area contributed by atoms with Gasteiger partial charge >= 0.3 is 0 Å². The first-order valence-corrected chi connectivity index (χ1v) is 10.3. The lowest BCUT2D eigenvalue weighted by Crippen LogP contribution is -2.54. The first-order valence-electron chi connectivity index (χ1n) is 8.79. The average Bonchev–Trinajstić information content (AvgIpc) is 2.56. The van der Waals surface area contributed by atoms with Gasteiger partial charge in [0.2, 0.25) is 10.0 Å². The minimum atomic E-state index is -3.96. The molecule has 1 aromatic carbocycles. The Kier molecular flexibility index (Phi) is 6.73. The molecule has 0 saturated carbocycles. The summed E-state index contributed by atoms with van der Waals surface area (Å²) in [4.78, 5) is 14.8. The number of nitrogens with zero attached hydrogens (tertiary/aromatic N) is 3. The molecule has 1 saturated heterocycles. The van der Waals surface area contributed by atoms with Gasteiger partial charge in [0.1, 0.15) is 0 Å². The van der Waals surface area contributed by atoms with Crippen molar-refractivity contribution in [1.29, 1.82) is 0 Å². The van der Waals surface area contributed by atoms with Crippen LogP contribution in [0, 0.1) is 23.0 Å². The third kappa shape index (κ3) is 5.00. The monoisotopic (exact) mass is 384 g/mol. The summed E-state index contributed by atoms with van der Waals surface area (Å²) in [6.45, 7) is 9.70. The molecule has 2 rings (SSSR count).